The zero-order valence-electron chi connectivity index (χ0n) is 11.2. The smallest absolute Gasteiger partial charge is 0.0662 e. The molecular formula is C15H21N3. The third kappa shape index (κ3) is 2.99. The number of aromatic nitrogens is 2. The summed E-state index contributed by atoms with van der Waals surface area (Å²) in [5.74, 6) is 0. The molecule has 2 aromatic rings. The lowest BCUT2D eigenvalue weighted by molar-refractivity contribution is 0.662. The molecule has 1 heterocycles. The summed E-state index contributed by atoms with van der Waals surface area (Å²) in [5, 5.41) is 4.47. The Kier molecular flexibility index (Phi) is 4.15. The Bertz CT molecular complexity index is 514. The second-order valence-corrected chi connectivity index (χ2v) is 4.79. The molecule has 2 N–H and O–H groups in total. The first-order valence-corrected chi connectivity index (χ1v) is 6.47. The molecule has 0 aliphatic heterocycles. The highest BCUT2D eigenvalue weighted by Crippen LogP contribution is 2.12. The monoisotopic (exact) mass is 243 g/mol. The van der Waals surface area contributed by atoms with Crippen molar-refractivity contribution in [3.05, 3.63) is 52.8 Å². The Morgan fingerprint density at radius 3 is 2.83 bits per heavy atom. The van der Waals surface area contributed by atoms with E-state index in [1.807, 2.05) is 6.20 Å². The van der Waals surface area contributed by atoms with E-state index in [1.54, 1.807) is 0 Å². The van der Waals surface area contributed by atoms with Gasteiger partial charge in [-0.3, -0.25) is 4.68 Å². The van der Waals surface area contributed by atoms with Gasteiger partial charge in [0, 0.05) is 5.69 Å². The van der Waals surface area contributed by atoms with Crippen molar-refractivity contribution in [2.24, 2.45) is 5.73 Å². The number of benzene rings is 1. The summed E-state index contributed by atoms with van der Waals surface area (Å²) in [6.45, 7) is 5.83. The Balaban J connectivity index is 2.12. The molecule has 96 valence electrons. The predicted molar refractivity (Wildman–Crippen MR) is 74.6 cm³/mol. The maximum absolute atomic E-state index is 5.55. The summed E-state index contributed by atoms with van der Waals surface area (Å²) < 4.78 is 2.07. The molecule has 0 atom stereocenters. The highest BCUT2D eigenvalue weighted by Gasteiger charge is 2.06. The van der Waals surface area contributed by atoms with Crippen LogP contribution in [-0.4, -0.2) is 16.3 Å². The van der Waals surface area contributed by atoms with E-state index >= 15 is 0 Å². The van der Waals surface area contributed by atoms with Crippen molar-refractivity contribution in [1.82, 2.24) is 9.78 Å². The zero-order valence-corrected chi connectivity index (χ0v) is 11.2. The minimum absolute atomic E-state index is 0.739. The van der Waals surface area contributed by atoms with Gasteiger partial charge >= 0.3 is 0 Å². The maximum atomic E-state index is 5.55. The van der Waals surface area contributed by atoms with Gasteiger partial charge in [0.15, 0.2) is 0 Å². The molecule has 3 heteroatoms. The summed E-state index contributed by atoms with van der Waals surface area (Å²) in [7, 11) is 0. The van der Waals surface area contributed by atoms with Gasteiger partial charge in [-0.15, -0.1) is 0 Å². The lowest BCUT2D eigenvalue weighted by atomic mass is 10.1. The fourth-order valence-electron chi connectivity index (χ4n) is 2.17. The quantitative estimate of drug-likeness (QED) is 0.876. The van der Waals surface area contributed by atoms with E-state index in [1.165, 1.54) is 22.4 Å². The van der Waals surface area contributed by atoms with E-state index in [9.17, 15) is 0 Å². The van der Waals surface area contributed by atoms with E-state index in [2.05, 4.69) is 47.9 Å². The molecule has 0 radical (unpaired) electrons. The summed E-state index contributed by atoms with van der Waals surface area (Å²) in [6, 6.07) is 8.57. The van der Waals surface area contributed by atoms with Crippen LogP contribution in [0.15, 0.2) is 30.5 Å². The molecule has 0 aliphatic carbocycles. The van der Waals surface area contributed by atoms with Gasteiger partial charge in [0.05, 0.1) is 12.7 Å². The van der Waals surface area contributed by atoms with Gasteiger partial charge in [-0.1, -0.05) is 29.8 Å². The highest BCUT2D eigenvalue weighted by atomic mass is 15.3. The van der Waals surface area contributed by atoms with Gasteiger partial charge in [-0.05, 0) is 44.4 Å². The molecule has 1 aromatic carbocycles. The van der Waals surface area contributed by atoms with Crippen molar-refractivity contribution in [2.45, 2.75) is 33.2 Å². The van der Waals surface area contributed by atoms with Gasteiger partial charge in [-0.2, -0.15) is 5.10 Å². The number of hydrogen-bond acceptors (Lipinski definition) is 2. The maximum Gasteiger partial charge on any atom is 0.0662 e. The highest BCUT2D eigenvalue weighted by molar-refractivity contribution is 5.24. The van der Waals surface area contributed by atoms with E-state index in [4.69, 9.17) is 5.73 Å². The third-order valence-corrected chi connectivity index (χ3v) is 3.27. The van der Waals surface area contributed by atoms with Crippen LogP contribution in [0.2, 0.25) is 0 Å². The average Bonchev–Trinajstić information content (AvgIpc) is 2.69. The molecule has 0 saturated carbocycles. The van der Waals surface area contributed by atoms with Crippen LogP contribution in [0.4, 0.5) is 0 Å². The molecule has 3 nitrogen and oxygen atoms in total. The fraction of sp³-hybridized carbons (Fsp3) is 0.400. The van der Waals surface area contributed by atoms with E-state index < -0.39 is 0 Å². The van der Waals surface area contributed by atoms with Crippen molar-refractivity contribution in [3.63, 3.8) is 0 Å². The summed E-state index contributed by atoms with van der Waals surface area (Å²) in [6.07, 6.45) is 4.02. The number of aryl methyl sites for hydroxylation is 2. The first-order chi connectivity index (χ1) is 8.70. The van der Waals surface area contributed by atoms with E-state index in [0.29, 0.717) is 0 Å². The SMILES string of the molecule is Cc1cccc(Cn2ncc(CCCN)c2C)c1. The molecule has 0 fully saturated rings. The molecule has 0 spiro atoms. The summed E-state index contributed by atoms with van der Waals surface area (Å²) in [4.78, 5) is 0. The molecule has 18 heavy (non-hydrogen) atoms. The molecule has 0 unspecified atom stereocenters. The van der Waals surface area contributed by atoms with Crippen LogP contribution in [-0.2, 0) is 13.0 Å². The van der Waals surface area contributed by atoms with E-state index in [-0.39, 0.29) is 0 Å². The molecule has 0 bridgehead atoms. The Morgan fingerprint density at radius 1 is 1.28 bits per heavy atom. The van der Waals surface area contributed by atoms with Gasteiger partial charge in [-0.25, -0.2) is 0 Å². The summed E-state index contributed by atoms with van der Waals surface area (Å²) in [5.41, 5.74) is 10.7. The Labute approximate surface area is 109 Å². The number of hydrogen-bond donors (Lipinski definition) is 1. The number of nitrogens with two attached hydrogens (primary N) is 1. The first-order valence-electron chi connectivity index (χ1n) is 6.47. The van der Waals surface area contributed by atoms with Crippen molar-refractivity contribution in [1.29, 1.82) is 0 Å². The standard InChI is InChI=1S/C15H21N3/c1-12-5-3-6-14(9-12)11-18-13(2)15(10-17-18)7-4-8-16/h3,5-6,9-10H,4,7-8,11,16H2,1-2H3. The van der Waals surface area contributed by atoms with Crippen LogP contribution in [0.5, 0.6) is 0 Å². The third-order valence-electron chi connectivity index (χ3n) is 3.27. The normalized spacial score (nSPS) is 10.8. The van der Waals surface area contributed by atoms with E-state index in [0.717, 1.165) is 25.9 Å². The Morgan fingerprint density at radius 2 is 2.11 bits per heavy atom. The van der Waals surface area contributed by atoms with Crippen molar-refractivity contribution in [2.75, 3.05) is 6.54 Å². The van der Waals surface area contributed by atoms with Crippen LogP contribution >= 0.6 is 0 Å². The minimum atomic E-state index is 0.739. The predicted octanol–water partition coefficient (Wildman–Crippen LogP) is 2.44. The van der Waals surface area contributed by atoms with Crippen molar-refractivity contribution < 1.29 is 0 Å². The molecule has 0 amide bonds. The zero-order chi connectivity index (χ0) is 13.0. The van der Waals surface area contributed by atoms with Gasteiger partial charge in [0.2, 0.25) is 0 Å². The van der Waals surface area contributed by atoms with Crippen LogP contribution < -0.4 is 5.73 Å². The molecule has 0 aliphatic rings. The van der Waals surface area contributed by atoms with Crippen LogP contribution in [0.1, 0.15) is 28.8 Å². The fourth-order valence-corrected chi connectivity index (χ4v) is 2.17. The lowest BCUT2D eigenvalue weighted by Crippen LogP contribution is -2.05. The van der Waals surface area contributed by atoms with Gasteiger partial charge < -0.3 is 5.73 Å². The number of nitrogens with zero attached hydrogens (tertiary/aromatic N) is 2. The Hall–Kier alpha value is -1.61. The van der Waals surface area contributed by atoms with Crippen LogP contribution in [0.25, 0.3) is 0 Å². The minimum Gasteiger partial charge on any atom is -0.330 e. The molecular weight excluding hydrogens is 222 g/mol. The first kappa shape index (κ1) is 12.8. The topological polar surface area (TPSA) is 43.8 Å². The molecule has 2 rings (SSSR count). The van der Waals surface area contributed by atoms with Gasteiger partial charge in [0.25, 0.3) is 0 Å². The second kappa shape index (κ2) is 5.83. The van der Waals surface area contributed by atoms with Crippen molar-refractivity contribution >= 4 is 0 Å². The van der Waals surface area contributed by atoms with Gasteiger partial charge in [0.1, 0.15) is 0 Å². The molecule has 0 saturated heterocycles. The molecule has 1 aromatic heterocycles. The summed E-state index contributed by atoms with van der Waals surface area (Å²) >= 11 is 0. The average molecular weight is 243 g/mol. The number of rotatable bonds is 5. The van der Waals surface area contributed by atoms with Crippen molar-refractivity contribution in [3.8, 4) is 0 Å². The lowest BCUT2D eigenvalue weighted by Gasteiger charge is -2.06. The van der Waals surface area contributed by atoms with Crippen LogP contribution in [0.3, 0.4) is 0 Å². The second-order valence-electron chi connectivity index (χ2n) is 4.79. The largest absolute Gasteiger partial charge is 0.330 e. The van der Waals surface area contributed by atoms with Crippen LogP contribution in [0, 0.1) is 13.8 Å².